The zero-order chi connectivity index (χ0) is 12.6. The fraction of sp³-hybridized carbons (Fsp3) is 0.600. The first kappa shape index (κ1) is 12.0. The second kappa shape index (κ2) is 4.44. The molecule has 0 amide bonds. The molecule has 3 atom stereocenters. The highest BCUT2D eigenvalue weighted by Gasteiger charge is 2.34. The fourth-order valence-electron chi connectivity index (χ4n) is 1.85. The van der Waals surface area contributed by atoms with Gasteiger partial charge in [0.2, 0.25) is 0 Å². The van der Waals surface area contributed by atoms with Gasteiger partial charge in [0.15, 0.2) is 0 Å². The number of aryl methyl sites for hydroxylation is 1. The van der Waals surface area contributed by atoms with Crippen LogP contribution in [0.2, 0.25) is 0 Å². The predicted molar refractivity (Wildman–Crippen MR) is 57.7 cm³/mol. The molecule has 3 N–H and O–H groups in total. The Hall–Kier alpha value is -1.44. The maximum atomic E-state index is 11.6. The molecule has 17 heavy (non-hydrogen) atoms. The summed E-state index contributed by atoms with van der Waals surface area (Å²) in [5, 5.41) is 18.5. The largest absolute Gasteiger partial charge is 0.394 e. The van der Waals surface area contributed by atoms with E-state index in [2.05, 4.69) is 4.98 Å². The molecule has 7 heteroatoms. The number of hydrogen-bond acceptors (Lipinski definition) is 5. The number of aliphatic hydroxyl groups is 2. The standard InChI is InChI=1S/C10H14N2O5/c1-5-3-12(10(16)11-9(5)15)8-2-6(14)7(4-13)17-8/h3,6-8,13-14H,2,4H2,1H3,(H,11,15,16)/t6?,7-,8?/m0/s1. The van der Waals surface area contributed by atoms with Crippen LogP contribution in [0.5, 0.6) is 0 Å². The number of hydrogen-bond donors (Lipinski definition) is 3. The molecule has 2 unspecified atom stereocenters. The molecule has 1 fully saturated rings. The molecule has 7 nitrogen and oxygen atoms in total. The van der Waals surface area contributed by atoms with Crippen molar-refractivity contribution in [3.63, 3.8) is 0 Å². The zero-order valence-electron chi connectivity index (χ0n) is 9.29. The summed E-state index contributed by atoms with van der Waals surface area (Å²) in [6, 6.07) is 0. The van der Waals surface area contributed by atoms with Crippen molar-refractivity contribution < 1.29 is 14.9 Å². The van der Waals surface area contributed by atoms with Gasteiger partial charge in [0.1, 0.15) is 12.3 Å². The summed E-state index contributed by atoms with van der Waals surface area (Å²) in [4.78, 5) is 24.9. The van der Waals surface area contributed by atoms with Gasteiger partial charge in [-0.1, -0.05) is 0 Å². The van der Waals surface area contributed by atoms with E-state index in [-0.39, 0.29) is 13.0 Å². The number of nitrogens with one attached hydrogen (secondary N) is 1. The Morgan fingerprint density at radius 1 is 1.59 bits per heavy atom. The van der Waals surface area contributed by atoms with Crippen LogP contribution in [0.25, 0.3) is 0 Å². The Balaban J connectivity index is 2.34. The number of aliphatic hydroxyl groups excluding tert-OH is 2. The van der Waals surface area contributed by atoms with Crippen LogP contribution in [0.15, 0.2) is 15.8 Å². The van der Waals surface area contributed by atoms with Crippen LogP contribution < -0.4 is 11.2 Å². The molecule has 1 saturated heterocycles. The first-order valence-corrected chi connectivity index (χ1v) is 5.29. The third-order valence-electron chi connectivity index (χ3n) is 2.84. The second-order valence-corrected chi connectivity index (χ2v) is 4.09. The molecule has 1 aliphatic rings. The van der Waals surface area contributed by atoms with E-state index in [4.69, 9.17) is 9.84 Å². The van der Waals surface area contributed by atoms with Crippen LogP contribution in [0, 0.1) is 6.92 Å². The van der Waals surface area contributed by atoms with Gasteiger partial charge in [-0.05, 0) is 6.92 Å². The molecule has 0 spiro atoms. The monoisotopic (exact) mass is 242 g/mol. The second-order valence-electron chi connectivity index (χ2n) is 4.09. The van der Waals surface area contributed by atoms with Gasteiger partial charge in [0.05, 0.1) is 12.7 Å². The Morgan fingerprint density at radius 3 is 2.88 bits per heavy atom. The van der Waals surface area contributed by atoms with E-state index in [0.717, 1.165) is 0 Å². The number of rotatable bonds is 2. The molecule has 94 valence electrons. The summed E-state index contributed by atoms with van der Waals surface area (Å²) in [6.45, 7) is 1.26. The minimum atomic E-state index is -0.816. The van der Waals surface area contributed by atoms with Gasteiger partial charge in [-0.15, -0.1) is 0 Å². The minimum absolute atomic E-state index is 0.205. The molecule has 0 aliphatic carbocycles. The van der Waals surface area contributed by atoms with E-state index in [1.165, 1.54) is 10.8 Å². The SMILES string of the molecule is Cc1cn(C2CC(O)[C@H](CO)O2)c(=O)[nH]c1=O. The predicted octanol–water partition coefficient (Wildman–Crippen LogP) is -1.51. The molecule has 1 aromatic rings. The number of H-pyrrole nitrogens is 1. The van der Waals surface area contributed by atoms with Crippen molar-refractivity contribution in [1.29, 1.82) is 0 Å². The van der Waals surface area contributed by atoms with Crippen LogP contribution in [-0.2, 0) is 4.74 Å². The number of ether oxygens (including phenoxy) is 1. The van der Waals surface area contributed by atoms with Gasteiger partial charge >= 0.3 is 5.69 Å². The molecule has 1 aromatic heterocycles. The van der Waals surface area contributed by atoms with Crippen LogP contribution in [0.4, 0.5) is 0 Å². The molecule has 0 saturated carbocycles. The van der Waals surface area contributed by atoms with Crippen LogP contribution >= 0.6 is 0 Å². The summed E-state index contributed by atoms with van der Waals surface area (Å²) in [6.07, 6.45) is -0.581. The average molecular weight is 242 g/mol. The van der Waals surface area contributed by atoms with Gasteiger partial charge in [-0.3, -0.25) is 14.3 Å². The molecule has 2 heterocycles. The highest BCUT2D eigenvalue weighted by molar-refractivity contribution is 5.02. The highest BCUT2D eigenvalue weighted by atomic mass is 16.5. The van der Waals surface area contributed by atoms with Crippen molar-refractivity contribution in [3.8, 4) is 0 Å². The van der Waals surface area contributed by atoms with Gasteiger partial charge in [-0.25, -0.2) is 4.79 Å². The third-order valence-corrected chi connectivity index (χ3v) is 2.84. The molecule has 2 rings (SSSR count). The average Bonchev–Trinajstić information content (AvgIpc) is 2.65. The molecule has 0 bridgehead atoms. The van der Waals surface area contributed by atoms with Gasteiger partial charge in [0.25, 0.3) is 5.56 Å². The highest BCUT2D eigenvalue weighted by Crippen LogP contribution is 2.27. The lowest BCUT2D eigenvalue weighted by molar-refractivity contribution is -0.0459. The first-order chi connectivity index (χ1) is 8.02. The lowest BCUT2D eigenvalue weighted by atomic mass is 10.2. The lowest BCUT2D eigenvalue weighted by Crippen LogP contribution is -2.33. The fourth-order valence-corrected chi connectivity index (χ4v) is 1.85. The number of nitrogens with zero attached hydrogens (tertiary/aromatic N) is 1. The van der Waals surface area contributed by atoms with Crippen molar-refractivity contribution >= 4 is 0 Å². The Bertz CT molecular complexity index is 520. The summed E-state index contributed by atoms with van der Waals surface area (Å²) >= 11 is 0. The number of aromatic nitrogens is 2. The van der Waals surface area contributed by atoms with E-state index >= 15 is 0 Å². The molecule has 0 radical (unpaired) electrons. The van der Waals surface area contributed by atoms with Gasteiger partial charge in [0, 0.05) is 18.2 Å². The summed E-state index contributed by atoms with van der Waals surface area (Å²) < 4.78 is 6.54. The smallest absolute Gasteiger partial charge is 0.330 e. The van der Waals surface area contributed by atoms with Gasteiger partial charge < -0.3 is 14.9 Å². The zero-order valence-corrected chi connectivity index (χ0v) is 9.29. The van der Waals surface area contributed by atoms with Crippen molar-refractivity contribution in [1.82, 2.24) is 9.55 Å². The summed E-state index contributed by atoms with van der Waals surface area (Å²) in [5.74, 6) is 0. The van der Waals surface area contributed by atoms with E-state index in [9.17, 15) is 14.7 Å². The van der Waals surface area contributed by atoms with E-state index in [1.807, 2.05) is 0 Å². The topological polar surface area (TPSA) is 105 Å². The van der Waals surface area contributed by atoms with Gasteiger partial charge in [-0.2, -0.15) is 0 Å². The summed E-state index contributed by atoms with van der Waals surface area (Å²) in [5.41, 5.74) is -0.643. The molecule has 0 aromatic carbocycles. The van der Waals surface area contributed by atoms with Crippen molar-refractivity contribution in [2.75, 3.05) is 6.61 Å². The summed E-state index contributed by atoms with van der Waals surface area (Å²) in [7, 11) is 0. The Kier molecular flexibility index (Phi) is 3.14. The Labute approximate surface area is 96.3 Å². The number of aromatic amines is 1. The quantitative estimate of drug-likeness (QED) is 0.584. The van der Waals surface area contributed by atoms with Crippen molar-refractivity contribution in [2.45, 2.75) is 31.8 Å². The minimum Gasteiger partial charge on any atom is -0.394 e. The van der Waals surface area contributed by atoms with Crippen LogP contribution in [0.1, 0.15) is 18.2 Å². The van der Waals surface area contributed by atoms with Crippen LogP contribution in [-0.4, -0.2) is 38.6 Å². The first-order valence-electron chi connectivity index (χ1n) is 5.29. The van der Waals surface area contributed by atoms with Crippen molar-refractivity contribution in [3.05, 3.63) is 32.6 Å². The van der Waals surface area contributed by atoms with E-state index in [0.29, 0.717) is 5.56 Å². The molecule has 1 aliphatic heterocycles. The third kappa shape index (κ3) is 2.17. The maximum Gasteiger partial charge on any atom is 0.330 e. The molecular formula is C10H14N2O5. The van der Waals surface area contributed by atoms with E-state index < -0.39 is 29.7 Å². The Morgan fingerprint density at radius 2 is 2.29 bits per heavy atom. The van der Waals surface area contributed by atoms with Crippen LogP contribution in [0.3, 0.4) is 0 Å². The molecular weight excluding hydrogens is 228 g/mol. The maximum absolute atomic E-state index is 11.6. The normalized spacial score (nSPS) is 28.5. The van der Waals surface area contributed by atoms with E-state index in [1.54, 1.807) is 6.92 Å². The lowest BCUT2D eigenvalue weighted by Gasteiger charge is -2.14. The van der Waals surface area contributed by atoms with Crippen molar-refractivity contribution in [2.24, 2.45) is 0 Å².